The first-order chi connectivity index (χ1) is 11.2. The number of carbonyl (C=O) groups excluding carboxylic acids is 1. The molecule has 1 atom stereocenters. The lowest BCUT2D eigenvalue weighted by atomic mass is 9.98. The minimum absolute atomic E-state index is 0.0398. The molecule has 0 spiro atoms. The average Bonchev–Trinajstić information content (AvgIpc) is 3.20. The van der Waals surface area contributed by atoms with Crippen molar-refractivity contribution in [3.8, 4) is 0 Å². The van der Waals surface area contributed by atoms with Crippen molar-refractivity contribution in [3.63, 3.8) is 0 Å². The van der Waals surface area contributed by atoms with Gasteiger partial charge in [-0.3, -0.25) is 4.79 Å². The molecule has 6 heteroatoms. The Labute approximate surface area is 138 Å². The van der Waals surface area contributed by atoms with E-state index in [2.05, 4.69) is 11.1 Å². The first kappa shape index (κ1) is 14.4. The molecule has 4 rings (SSSR count). The molecule has 118 valence electrons. The van der Waals surface area contributed by atoms with Crippen LogP contribution in [0.25, 0.3) is 10.2 Å². The molecule has 1 aliphatic heterocycles. The van der Waals surface area contributed by atoms with Gasteiger partial charge in [0.1, 0.15) is 5.76 Å². The molecule has 1 fully saturated rings. The Balaban J connectivity index is 1.57. The van der Waals surface area contributed by atoms with Gasteiger partial charge in [-0.25, -0.2) is 9.97 Å². The van der Waals surface area contributed by atoms with Gasteiger partial charge in [-0.15, -0.1) is 11.3 Å². The molecule has 0 N–H and O–H groups in total. The number of amides is 1. The summed E-state index contributed by atoms with van der Waals surface area (Å²) in [4.78, 5) is 23.3. The molecule has 1 saturated heterocycles. The van der Waals surface area contributed by atoms with E-state index in [1.54, 1.807) is 18.3 Å². The monoisotopic (exact) mass is 327 g/mol. The number of likely N-dealkylation sites (tertiary alicyclic amines) is 1. The van der Waals surface area contributed by atoms with Crippen LogP contribution in [0, 0.1) is 6.92 Å². The van der Waals surface area contributed by atoms with Gasteiger partial charge in [0.2, 0.25) is 0 Å². The average molecular weight is 327 g/mol. The van der Waals surface area contributed by atoms with E-state index in [9.17, 15) is 4.79 Å². The summed E-state index contributed by atoms with van der Waals surface area (Å²) in [7, 11) is 0. The second-order valence-corrected chi connectivity index (χ2v) is 6.93. The Hall–Kier alpha value is -2.21. The number of thiazole rings is 1. The van der Waals surface area contributed by atoms with Gasteiger partial charge in [0.05, 0.1) is 15.2 Å². The summed E-state index contributed by atoms with van der Waals surface area (Å²) in [5, 5.41) is 1.13. The summed E-state index contributed by atoms with van der Waals surface area (Å²) in [6, 6.07) is 8.19. The summed E-state index contributed by atoms with van der Waals surface area (Å²) in [5.41, 5.74) is 1.47. The molecule has 3 aromatic rings. The van der Waals surface area contributed by atoms with Gasteiger partial charge in [-0.2, -0.15) is 0 Å². The van der Waals surface area contributed by atoms with Crippen LogP contribution in [0.5, 0.6) is 0 Å². The van der Waals surface area contributed by atoms with Crippen molar-refractivity contribution in [2.45, 2.75) is 25.7 Å². The smallest absolute Gasteiger partial charge is 0.276 e. The van der Waals surface area contributed by atoms with Crippen molar-refractivity contribution in [3.05, 3.63) is 47.1 Å². The minimum Gasteiger partial charge on any atom is -0.448 e. The molecule has 0 radical (unpaired) electrons. The van der Waals surface area contributed by atoms with Crippen molar-refractivity contribution in [2.75, 3.05) is 13.1 Å². The van der Waals surface area contributed by atoms with E-state index in [1.165, 1.54) is 11.1 Å². The standard InChI is InChI=1S/C17H17N3O2S/c1-11-15(18-10-22-11)17(21)20-8-4-5-12(9-20)16-19-13-6-2-3-7-14(13)23-16/h2-3,6-7,10,12H,4-5,8-9H2,1H3/t12-/m0/s1. The summed E-state index contributed by atoms with van der Waals surface area (Å²) >= 11 is 1.73. The zero-order valence-electron chi connectivity index (χ0n) is 12.9. The number of aryl methyl sites for hydroxylation is 1. The lowest BCUT2D eigenvalue weighted by Gasteiger charge is -2.31. The number of nitrogens with zero attached hydrogens (tertiary/aromatic N) is 3. The molecule has 0 saturated carbocycles. The van der Waals surface area contributed by atoms with E-state index in [4.69, 9.17) is 9.40 Å². The molecule has 0 bridgehead atoms. The lowest BCUT2D eigenvalue weighted by molar-refractivity contribution is 0.0700. The summed E-state index contributed by atoms with van der Waals surface area (Å²) in [5.74, 6) is 0.844. The third-order valence-corrected chi connectivity index (χ3v) is 5.51. The van der Waals surface area contributed by atoms with Crippen molar-refractivity contribution < 1.29 is 9.21 Å². The second kappa shape index (κ2) is 5.77. The number of hydrogen-bond donors (Lipinski definition) is 0. The Morgan fingerprint density at radius 2 is 2.26 bits per heavy atom. The zero-order chi connectivity index (χ0) is 15.8. The van der Waals surface area contributed by atoms with Crippen LogP contribution in [0.1, 0.15) is 40.0 Å². The number of oxazole rings is 1. The van der Waals surface area contributed by atoms with Crippen molar-refractivity contribution in [1.29, 1.82) is 0 Å². The molecule has 1 aliphatic rings. The summed E-state index contributed by atoms with van der Waals surface area (Å²) in [6.45, 7) is 3.24. The number of fused-ring (bicyclic) bond motifs is 1. The molecule has 0 aliphatic carbocycles. The van der Waals surface area contributed by atoms with Gasteiger partial charge in [-0.05, 0) is 31.9 Å². The van der Waals surface area contributed by atoms with E-state index in [0.717, 1.165) is 29.9 Å². The third-order valence-electron chi connectivity index (χ3n) is 4.32. The first-order valence-electron chi connectivity index (χ1n) is 7.77. The number of rotatable bonds is 2. The molecule has 3 heterocycles. The van der Waals surface area contributed by atoms with Crippen LogP contribution in [0.2, 0.25) is 0 Å². The van der Waals surface area contributed by atoms with E-state index in [0.29, 0.717) is 23.9 Å². The van der Waals surface area contributed by atoms with Crippen LogP contribution in [0.15, 0.2) is 35.1 Å². The largest absolute Gasteiger partial charge is 0.448 e. The number of aromatic nitrogens is 2. The maximum Gasteiger partial charge on any atom is 0.276 e. The lowest BCUT2D eigenvalue weighted by Crippen LogP contribution is -2.39. The molecular weight excluding hydrogens is 310 g/mol. The predicted molar refractivity (Wildman–Crippen MR) is 88.7 cm³/mol. The number of hydrogen-bond acceptors (Lipinski definition) is 5. The van der Waals surface area contributed by atoms with E-state index >= 15 is 0 Å². The van der Waals surface area contributed by atoms with Crippen molar-refractivity contribution >= 4 is 27.5 Å². The van der Waals surface area contributed by atoms with Crippen molar-refractivity contribution in [1.82, 2.24) is 14.9 Å². The van der Waals surface area contributed by atoms with Gasteiger partial charge in [0.15, 0.2) is 12.1 Å². The van der Waals surface area contributed by atoms with Crippen molar-refractivity contribution in [2.24, 2.45) is 0 Å². The number of benzene rings is 1. The molecule has 5 nitrogen and oxygen atoms in total. The van der Waals surface area contributed by atoms with Gasteiger partial charge in [0, 0.05) is 19.0 Å². The van der Waals surface area contributed by atoms with Crippen LogP contribution in [0.3, 0.4) is 0 Å². The summed E-state index contributed by atoms with van der Waals surface area (Å²) < 4.78 is 6.37. The van der Waals surface area contributed by atoms with Gasteiger partial charge in [-0.1, -0.05) is 12.1 Å². The topological polar surface area (TPSA) is 59.2 Å². The zero-order valence-corrected chi connectivity index (χ0v) is 13.7. The highest BCUT2D eigenvalue weighted by atomic mass is 32.1. The van der Waals surface area contributed by atoms with Gasteiger partial charge < -0.3 is 9.32 Å². The van der Waals surface area contributed by atoms with E-state index in [1.807, 2.05) is 23.1 Å². The first-order valence-corrected chi connectivity index (χ1v) is 8.59. The fourth-order valence-corrected chi connectivity index (χ4v) is 4.18. The summed E-state index contributed by atoms with van der Waals surface area (Å²) in [6.07, 6.45) is 3.39. The van der Waals surface area contributed by atoms with Gasteiger partial charge in [0.25, 0.3) is 5.91 Å². The fraction of sp³-hybridized carbons (Fsp3) is 0.353. The highest BCUT2D eigenvalue weighted by molar-refractivity contribution is 7.18. The van der Waals surface area contributed by atoms with Crippen LogP contribution < -0.4 is 0 Å². The Morgan fingerprint density at radius 1 is 1.39 bits per heavy atom. The highest BCUT2D eigenvalue weighted by Crippen LogP contribution is 2.33. The van der Waals surface area contributed by atoms with Gasteiger partial charge >= 0.3 is 0 Å². The maximum absolute atomic E-state index is 12.6. The fourth-order valence-electron chi connectivity index (χ4n) is 3.09. The Morgan fingerprint density at radius 3 is 3.04 bits per heavy atom. The Bertz CT molecular complexity index is 821. The molecule has 2 aromatic heterocycles. The number of carbonyl (C=O) groups is 1. The quantitative estimate of drug-likeness (QED) is 0.721. The molecule has 23 heavy (non-hydrogen) atoms. The van der Waals surface area contributed by atoms with Crippen LogP contribution >= 0.6 is 11.3 Å². The van der Waals surface area contributed by atoms with Crippen LogP contribution in [0.4, 0.5) is 0 Å². The predicted octanol–water partition coefficient (Wildman–Crippen LogP) is 3.61. The molecule has 0 unspecified atom stereocenters. The van der Waals surface area contributed by atoms with E-state index in [-0.39, 0.29) is 5.91 Å². The normalized spacial score (nSPS) is 18.5. The number of piperidine rings is 1. The molecule has 1 aromatic carbocycles. The van der Waals surface area contributed by atoms with E-state index < -0.39 is 0 Å². The van der Waals surface area contributed by atoms with Crippen LogP contribution in [-0.4, -0.2) is 33.9 Å². The Kier molecular flexibility index (Phi) is 3.61. The van der Waals surface area contributed by atoms with Crippen LogP contribution in [-0.2, 0) is 0 Å². The third kappa shape index (κ3) is 2.63. The maximum atomic E-state index is 12.6. The number of para-hydroxylation sites is 1. The highest BCUT2D eigenvalue weighted by Gasteiger charge is 2.29. The SMILES string of the molecule is Cc1ocnc1C(=O)N1CCC[C@H](c2nc3ccccc3s2)C1. The molecule has 1 amide bonds. The second-order valence-electron chi connectivity index (χ2n) is 5.87. The minimum atomic E-state index is -0.0398. The molecular formula is C17H17N3O2S.